The van der Waals surface area contributed by atoms with Crippen LogP contribution in [0.3, 0.4) is 0 Å². The number of amides is 1. The average molecular weight is 432 g/mol. The van der Waals surface area contributed by atoms with Crippen LogP contribution in [0.4, 0.5) is 0 Å². The number of furan rings is 1. The zero-order valence-electron chi connectivity index (χ0n) is 17.1. The van der Waals surface area contributed by atoms with E-state index in [9.17, 15) is 4.79 Å². The van der Waals surface area contributed by atoms with E-state index in [4.69, 9.17) is 9.15 Å². The van der Waals surface area contributed by atoms with Gasteiger partial charge in [0.25, 0.3) is 5.91 Å². The van der Waals surface area contributed by atoms with Crippen LogP contribution in [-0.4, -0.2) is 53.3 Å². The zero-order valence-corrected chi connectivity index (χ0v) is 17.9. The minimum Gasteiger partial charge on any atom is -0.454 e. The van der Waals surface area contributed by atoms with E-state index in [1.54, 1.807) is 29.1 Å². The standard InChI is InChI=1S/C24H21N3O3S/c1-31-18-4-2-16(3-5-18)22-15-20-23(30-22)19(7-9-25-20)17-6-8-26-21(14-17)24(28)27-10-12-29-13-11-27/h2-9,14-15H,10-13H2,1H3. The maximum atomic E-state index is 12.9. The molecule has 0 unspecified atom stereocenters. The number of carbonyl (C=O) groups is 1. The molecule has 4 aromatic rings. The van der Waals surface area contributed by atoms with Crippen molar-refractivity contribution >= 4 is 28.8 Å². The molecule has 0 saturated carbocycles. The van der Waals surface area contributed by atoms with Gasteiger partial charge in [-0.25, -0.2) is 0 Å². The van der Waals surface area contributed by atoms with Gasteiger partial charge < -0.3 is 14.1 Å². The van der Waals surface area contributed by atoms with Crippen LogP contribution in [0.15, 0.2) is 70.2 Å². The molecule has 1 amide bonds. The fourth-order valence-electron chi connectivity index (χ4n) is 3.71. The number of pyridine rings is 2. The topological polar surface area (TPSA) is 68.5 Å². The van der Waals surface area contributed by atoms with Gasteiger partial charge in [-0.3, -0.25) is 14.8 Å². The summed E-state index contributed by atoms with van der Waals surface area (Å²) in [7, 11) is 0. The smallest absolute Gasteiger partial charge is 0.272 e. The predicted octanol–water partition coefficient (Wildman–Crippen LogP) is 4.75. The van der Waals surface area contributed by atoms with E-state index in [2.05, 4.69) is 40.5 Å². The lowest BCUT2D eigenvalue weighted by molar-refractivity contribution is 0.0299. The molecule has 156 valence electrons. The molecule has 0 N–H and O–H groups in total. The number of thioether (sulfide) groups is 1. The Bertz CT molecular complexity index is 1230. The SMILES string of the molecule is CSc1ccc(-c2cc3nccc(-c4ccnc(C(=O)N5CCOCC5)c4)c3o2)cc1. The van der Waals surface area contributed by atoms with Crippen molar-refractivity contribution in [1.29, 1.82) is 0 Å². The highest BCUT2D eigenvalue weighted by molar-refractivity contribution is 7.98. The van der Waals surface area contributed by atoms with E-state index in [1.165, 1.54) is 4.90 Å². The third-order valence-corrected chi connectivity index (χ3v) is 6.12. The molecule has 6 nitrogen and oxygen atoms in total. The van der Waals surface area contributed by atoms with E-state index in [0.29, 0.717) is 37.6 Å². The van der Waals surface area contributed by atoms with Gasteiger partial charge in [0.15, 0.2) is 5.58 Å². The number of carbonyl (C=O) groups excluding carboxylic acids is 1. The van der Waals surface area contributed by atoms with Crippen LogP contribution < -0.4 is 0 Å². The summed E-state index contributed by atoms with van der Waals surface area (Å²) in [4.78, 5) is 24.6. The minimum absolute atomic E-state index is 0.0792. The maximum absolute atomic E-state index is 12.9. The number of hydrogen-bond donors (Lipinski definition) is 0. The number of morpholine rings is 1. The summed E-state index contributed by atoms with van der Waals surface area (Å²) in [5, 5.41) is 0. The zero-order chi connectivity index (χ0) is 21.2. The molecule has 31 heavy (non-hydrogen) atoms. The molecule has 1 saturated heterocycles. The van der Waals surface area contributed by atoms with Crippen molar-refractivity contribution in [2.24, 2.45) is 0 Å². The Hall–Kier alpha value is -3.16. The number of nitrogens with zero attached hydrogens (tertiary/aromatic N) is 3. The van der Waals surface area contributed by atoms with Gasteiger partial charge in [0.2, 0.25) is 0 Å². The largest absolute Gasteiger partial charge is 0.454 e. The third kappa shape index (κ3) is 3.94. The molecule has 0 aliphatic carbocycles. The molecular formula is C24H21N3O3S. The summed E-state index contributed by atoms with van der Waals surface area (Å²) < 4.78 is 11.6. The van der Waals surface area contributed by atoms with Gasteiger partial charge in [-0.15, -0.1) is 11.8 Å². The normalized spacial score (nSPS) is 14.2. The Balaban J connectivity index is 1.51. The lowest BCUT2D eigenvalue weighted by Gasteiger charge is -2.26. The molecule has 3 aromatic heterocycles. The summed E-state index contributed by atoms with van der Waals surface area (Å²) in [6.45, 7) is 2.29. The molecule has 4 heterocycles. The first-order chi connectivity index (χ1) is 15.2. The van der Waals surface area contributed by atoms with Crippen LogP contribution in [0.25, 0.3) is 33.6 Å². The van der Waals surface area contributed by atoms with Crippen molar-refractivity contribution < 1.29 is 13.9 Å². The maximum Gasteiger partial charge on any atom is 0.272 e. The Morgan fingerprint density at radius 1 is 0.968 bits per heavy atom. The molecule has 5 rings (SSSR count). The van der Waals surface area contributed by atoms with Crippen molar-refractivity contribution in [3.63, 3.8) is 0 Å². The summed E-state index contributed by atoms with van der Waals surface area (Å²) in [6.07, 6.45) is 5.48. The molecule has 0 atom stereocenters. The highest BCUT2D eigenvalue weighted by Gasteiger charge is 2.21. The fourth-order valence-corrected chi connectivity index (χ4v) is 4.11. The molecule has 1 aromatic carbocycles. The molecule has 7 heteroatoms. The van der Waals surface area contributed by atoms with E-state index in [1.807, 2.05) is 24.3 Å². The van der Waals surface area contributed by atoms with Crippen LogP contribution in [-0.2, 0) is 4.74 Å². The van der Waals surface area contributed by atoms with Gasteiger partial charge >= 0.3 is 0 Å². The Kier molecular flexibility index (Phi) is 5.44. The quantitative estimate of drug-likeness (QED) is 0.434. The number of rotatable bonds is 4. The second kappa shape index (κ2) is 8.53. The molecule has 0 bridgehead atoms. The van der Waals surface area contributed by atoms with Crippen LogP contribution in [0.5, 0.6) is 0 Å². The van der Waals surface area contributed by atoms with Crippen molar-refractivity contribution in [3.05, 3.63) is 66.6 Å². The fraction of sp³-hybridized carbons (Fsp3) is 0.208. The summed E-state index contributed by atoms with van der Waals surface area (Å²) in [6, 6.07) is 15.8. The van der Waals surface area contributed by atoms with Crippen LogP contribution in [0.2, 0.25) is 0 Å². The highest BCUT2D eigenvalue weighted by Crippen LogP contribution is 2.34. The number of hydrogen-bond acceptors (Lipinski definition) is 6. The Morgan fingerprint density at radius 2 is 1.74 bits per heavy atom. The second-order valence-electron chi connectivity index (χ2n) is 7.25. The van der Waals surface area contributed by atoms with Crippen molar-refractivity contribution in [2.45, 2.75) is 4.90 Å². The molecule has 0 radical (unpaired) electrons. The predicted molar refractivity (Wildman–Crippen MR) is 121 cm³/mol. The monoisotopic (exact) mass is 431 g/mol. The van der Waals surface area contributed by atoms with Crippen LogP contribution in [0.1, 0.15) is 10.5 Å². The summed E-state index contributed by atoms with van der Waals surface area (Å²) >= 11 is 1.70. The van der Waals surface area contributed by atoms with Gasteiger partial charge in [-0.2, -0.15) is 0 Å². The molecule has 0 spiro atoms. The second-order valence-corrected chi connectivity index (χ2v) is 8.13. The first-order valence-corrected chi connectivity index (χ1v) is 11.3. The van der Waals surface area contributed by atoms with Crippen molar-refractivity contribution in [2.75, 3.05) is 32.6 Å². The van der Waals surface area contributed by atoms with E-state index in [-0.39, 0.29) is 5.91 Å². The Labute approximate surface area is 184 Å². The molecule has 1 aliphatic rings. The van der Waals surface area contributed by atoms with Gasteiger partial charge in [0.05, 0.1) is 13.2 Å². The van der Waals surface area contributed by atoms with Crippen LogP contribution in [0, 0.1) is 0 Å². The first-order valence-electron chi connectivity index (χ1n) is 10.1. The summed E-state index contributed by atoms with van der Waals surface area (Å²) in [5.74, 6) is 0.686. The molecule has 1 fully saturated rings. The van der Waals surface area contributed by atoms with E-state index in [0.717, 1.165) is 28.0 Å². The minimum atomic E-state index is -0.0792. The van der Waals surface area contributed by atoms with Crippen molar-refractivity contribution in [3.8, 4) is 22.5 Å². The number of ether oxygens (including phenoxy) is 1. The average Bonchev–Trinajstić information content (AvgIpc) is 3.29. The van der Waals surface area contributed by atoms with Gasteiger partial charge in [0, 0.05) is 47.6 Å². The summed E-state index contributed by atoms with van der Waals surface area (Å²) in [5.41, 5.74) is 4.65. The van der Waals surface area contributed by atoms with Crippen LogP contribution >= 0.6 is 11.8 Å². The highest BCUT2D eigenvalue weighted by atomic mass is 32.2. The van der Waals surface area contributed by atoms with E-state index < -0.39 is 0 Å². The van der Waals surface area contributed by atoms with Crippen molar-refractivity contribution in [1.82, 2.24) is 14.9 Å². The number of aromatic nitrogens is 2. The third-order valence-electron chi connectivity index (χ3n) is 5.37. The lowest BCUT2D eigenvalue weighted by Crippen LogP contribution is -2.41. The lowest BCUT2D eigenvalue weighted by atomic mass is 10.1. The van der Waals surface area contributed by atoms with Gasteiger partial charge in [-0.1, -0.05) is 12.1 Å². The Morgan fingerprint density at radius 3 is 2.52 bits per heavy atom. The van der Waals surface area contributed by atoms with E-state index >= 15 is 0 Å². The van der Waals surface area contributed by atoms with Gasteiger partial charge in [0.1, 0.15) is 17.0 Å². The van der Waals surface area contributed by atoms with Gasteiger partial charge in [-0.05, 0) is 42.2 Å². The number of fused-ring (bicyclic) bond motifs is 1. The molecule has 1 aliphatic heterocycles. The molecular weight excluding hydrogens is 410 g/mol. The first kappa shape index (κ1) is 19.8. The number of benzene rings is 1.